The predicted molar refractivity (Wildman–Crippen MR) is 88.4 cm³/mol. The molecule has 0 aliphatic heterocycles. The van der Waals surface area contributed by atoms with Crippen molar-refractivity contribution >= 4 is 16.6 Å². The molecule has 1 atom stereocenters. The van der Waals surface area contributed by atoms with E-state index < -0.39 is 16.6 Å². The molecule has 0 saturated heterocycles. The Labute approximate surface area is 121 Å². The van der Waals surface area contributed by atoms with Crippen LogP contribution >= 0.6 is 0 Å². The molecule has 0 N–H and O–H groups in total. The summed E-state index contributed by atoms with van der Waals surface area (Å²) in [6.07, 6.45) is 2.43. The van der Waals surface area contributed by atoms with Crippen LogP contribution in [0.1, 0.15) is 40.5 Å². The van der Waals surface area contributed by atoms with Crippen LogP contribution in [0.15, 0.2) is 11.3 Å². The summed E-state index contributed by atoms with van der Waals surface area (Å²) in [5, 5.41) is 0.273. The zero-order chi connectivity index (χ0) is 15.1. The molecule has 0 spiro atoms. The fraction of sp³-hybridized carbons (Fsp3) is 0.867. The zero-order valence-electron chi connectivity index (χ0n) is 14.3. The van der Waals surface area contributed by atoms with Gasteiger partial charge in [-0.25, -0.2) is 0 Å². The Morgan fingerprint density at radius 2 is 1.58 bits per heavy atom. The third-order valence-corrected chi connectivity index (χ3v) is 9.57. The Morgan fingerprint density at radius 1 is 1.05 bits per heavy atom. The molecular weight excluding hydrogens is 268 g/mol. The molecule has 1 aliphatic carbocycles. The van der Waals surface area contributed by atoms with Crippen LogP contribution in [0.3, 0.4) is 0 Å². The van der Waals surface area contributed by atoms with Crippen LogP contribution in [-0.4, -0.2) is 22.7 Å². The quantitative estimate of drug-likeness (QED) is 0.656. The number of hydrogen-bond donors (Lipinski definition) is 0. The SMILES string of the molecule is CC1=C(O[Si](C)(C)C)CCC1O[Si](C)(C)C(C)(C)C. The van der Waals surface area contributed by atoms with E-state index in [2.05, 4.69) is 60.4 Å². The Hall–Kier alpha value is -0.0662. The van der Waals surface area contributed by atoms with Crippen molar-refractivity contribution in [3.05, 3.63) is 11.3 Å². The van der Waals surface area contributed by atoms with Gasteiger partial charge in [-0.1, -0.05) is 20.8 Å². The molecule has 0 radical (unpaired) electrons. The average molecular weight is 301 g/mol. The van der Waals surface area contributed by atoms with Gasteiger partial charge >= 0.3 is 0 Å². The molecule has 0 aromatic rings. The van der Waals surface area contributed by atoms with E-state index in [1.807, 2.05) is 0 Å². The van der Waals surface area contributed by atoms with Gasteiger partial charge in [0.05, 0.1) is 11.9 Å². The molecule has 0 aromatic carbocycles. The summed E-state index contributed by atoms with van der Waals surface area (Å²) in [6.45, 7) is 20.5. The molecule has 0 aromatic heterocycles. The first kappa shape index (κ1) is 17.0. The summed E-state index contributed by atoms with van der Waals surface area (Å²) in [4.78, 5) is 0. The van der Waals surface area contributed by atoms with E-state index in [0.717, 1.165) is 12.8 Å². The molecule has 1 rings (SSSR count). The Balaban J connectivity index is 2.79. The van der Waals surface area contributed by atoms with Crippen molar-refractivity contribution < 1.29 is 8.85 Å². The topological polar surface area (TPSA) is 18.5 Å². The third kappa shape index (κ3) is 4.46. The molecule has 4 heteroatoms. The smallest absolute Gasteiger partial charge is 0.241 e. The highest BCUT2D eigenvalue weighted by Gasteiger charge is 2.41. The molecule has 0 heterocycles. The van der Waals surface area contributed by atoms with Gasteiger partial charge in [0.25, 0.3) is 0 Å². The lowest BCUT2D eigenvalue weighted by atomic mass is 10.2. The second-order valence-electron chi connectivity index (χ2n) is 8.23. The van der Waals surface area contributed by atoms with Crippen molar-refractivity contribution in [2.75, 3.05) is 0 Å². The molecule has 0 amide bonds. The minimum atomic E-state index is -1.68. The van der Waals surface area contributed by atoms with E-state index in [-0.39, 0.29) is 11.1 Å². The van der Waals surface area contributed by atoms with Crippen molar-refractivity contribution in [1.82, 2.24) is 0 Å². The molecule has 0 fully saturated rings. The highest BCUT2D eigenvalue weighted by atomic mass is 28.4. The first-order valence-electron chi connectivity index (χ1n) is 7.40. The molecule has 1 aliphatic rings. The molecule has 112 valence electrons. The van der Waals surface area contributed by atoms with Crippen LogP contribution < -0.4 is 0 Å². The van der Waals surface area contributed by atoms with Crippen LogP contribution in [0.5, 0.6) is 0 Å². The largest absolute Gasteiger partial charge is 0.547 e. The fourth-order valence-electron chi connectivity index (χ4n) is 2.04. The monoisotopic (exact) mass is 300 g/mol. The van der Waals surface area contributed by atoms with Gasteiger partial charge in [0.15, 0.2) is 8.32 Å². The molecular formula is C15H32O2Si2. The van der Waals surface area contributed by atoms with Gasteiger partial charge < -0.3 is 8.85 Å². The summed E-state index contributed by atoms with van der Waals surface area (Å²) < 4.78 is 12.7. The standard InChI is InChI=1S/C15H32O2Si2/c1-12-13(16-18(5,6)7)10-11-14(12)17-19(8,9)15(2,3)4/h14H,10-11H2,1-9H3. The predicted octanol–water partition coefficient (Wildman–Crippen LogP) is 5.30. The lowest BCUT2D eigenvalue weighted by molar-refractivity contribution is 0.214. The van der Waals surface area contributed by atoms with E-state index in [0.29, 0.717) is 0 Å². The normalized spacial score (nSPS) is 22.1. The summed E-state index contributed by atoms with van der Waals surface area (Å²) in [5.74, 6) is 1.21. The third-order valence-electron chi connectivity index (χ3n) is 4.23. The lowest BCUT2D eigenvalue weighted by Crippen LogP contribution is -2.43. The van der Waals surface area contributed by atoms with Gasteiger partial charge in [0.1, 0.15) is 0 Å². The van der Waals surface area contributed by atoms with Crippen LogP contribution in [0.4, 0.5) is 0 Å². The summed E-state index contributed by atoms with van der Waals surface area (Å²) in [7, 11) is -3.17. The van der Waals surface area contributed by atoms with Crippen molar-refractivity contribution in [3.63, 3.8) is 0 Å². The van der Waals surface area contributed by atoms with Crippen LogP contribution in [-0.2, 0) is 8.85 Å². The van der Waals surface area contributed by atoms with Crippen LogP contribution in [0.2, 0.25) is 37.8 Å². The van der Waals surface area contributed by atoms with Crippen molar-refractivity contribution in [1.29, 1.82) is 0 Å². The molecule has 0 bridgehead atoms. The van der Waals surface area contributed by atoms with E-state index in [1.54, 1.807) is 0 Å². The summed E-state index contributed by atoms with van der Waals surface area (Å²) in [6, 6.07) is 0. The maximum atomic E-state index is 6.54. The maximum absolute atomic E-state index is 6.54. The molecule has 19 heavy (non-hydrogen) atoms. The molecule has 2 nitrogen and oxygen atoms in total. The first-order chi connectivity index (χ1) is 8.33. The zero-order valence-corrected chi connectivity index (χ0v) is 16.3. The first-order valence-corrected chi connectivity index (χ1v) is 13.7. The van der Waals surface area contributed by atoms with Crippen molar-refractivity contribution in [3.8, 4) is 0 Å². The minimum absolute atomic E-state index is 0.273. The van der Waals surface area contributed by atoms with Crippen LogP contribution in [0, 0.1) is 0 Å². The van der Waals surface area contributed by atoms with Gasteiger partial charge in [-0.15, -0.1) is 0 Å². The minimum Gasteiger partial charge on any atom is -0.547 e. The number of hydrogen-bond acceptors (Lipinski definition) is 2. The van der Waals surface area contributed by atoms with Crippen LogP contribution in [0.25, 0.3) is 0 Å². The van der Waals surface area contributed by atoms with Gasteiger partial charge in [-0.05, 0) is 56.7 Å². The van der Waals surface area contributed by atoms with Gasteiger partial charge in [0.2, 0.25) is 8.32 Å². The van der Waals surface area contributed by atoms with Gasteiger partial charge in [-0.2, -0.15) is 0 Å². The lowest BCUT2D eigenvalue weighted by Gasteiger charge is -2.38. The maximum Gasteiger partial charge on any atom is 0.241 e. The van der Waals surface area contributed by atoms with Gasteiger partial charge in [-0.3, -0.25) is 0 Å². The average Bonchev–Trinajstić information content (AvgIpc) is 2.45. The second kappa shape index (κ2) is 5.37. The fourth-order valence-corrected chi connectivity index (χ4v) is 4.40. The van der Waals surface area contributed by atoms with E-state index in [9.17, 15) is 0 Å². The highest BCUT2D eigenvalue weighted by molar-refractivity contribution is 6.74. The molecule has 1 unspecified atom stereocenters. The van der Waals surface area contributed by atoms with Gasteiger partial charge in [0, 0.05) is 6.42 Å². The highest BCUT2D eigenvalue weighted by Crippen LogP contribution is 2.41. The Morgan fingerprint density at radius 3 is 2.00 bits per heavy atom. The van der Waals surface area contributed by atoms with Crippen molar-refractivity contribution in [2.45, 2.75) is 84.4 Å². The number of rotatable bonds is 4. The van der Waals surface area contributed by atoms with E-state index >= 15 is 0 Å². The Kier molecular flexibility index (Phi) is 4.80. The second-order valence-corrected chi connectivity index (χ2v) is 17.4. The number of allylic oxidation sites excluding steroid dienone is 1. The molecule has 0 saturated carbocycles. The van der Waals surface area contributed by atoms with E-state index in [4.69, 9.17) is 8.85 Å². The summed E-state index contributed by atoms with van der Waals surface area (Å²) in [5.41, 5.74) is 1.34. The van der Waals surface area contributed by atoms with E-state index in [1.165, 1.54) is 11.3 Å². The van der Waals surface area contributed by atoms with Crippen molar-refractivity contribution in [2.24, 2.45) is 0 Å². The Bertz CT molecular complexity index is 359. The summed E-state index contributed by atoms with van der Waals surface area (Å²) >= 11 is 0.